The molecule has 1 amide bonds. The van der Waals surface area contributed by atoms with Gasteiger partial charge in [-0.05, 0) is 45.1 Å². The van der Waals surface area contributed by atoms with E-state index in [0.717, 1.165) is 66.1 Å². The highest BCUT2D eigenvalue weighted by molar-refractivity contribution is 7.18. The van der Waals surface area contributed by atoms with Gasteiger partial charge >= 0.3 is 0 Å². The summed E-state index contributed by atoms with van der Waals surface area (Å²) < 4.78 is 6.88. The zero-order valence-electron chi connectivity index (χ0n) is 18.7. The monoisotopic (exact) mass is 455 g/mol. The van der Waals surface area contributed by atoms with Crippen LogP contribution in [0.1, 0.15) is 46.7 Å². The fourth-order valence-electron chi connectivity index (χ4n) is 4.82. The standard InChI is InChI=1S/C23H29N5O3S/c1-15-18(16(2)31-25-15)13-26-9-11-27(12-10-26)20(29)7-8-28-14-24-22-21(23(28)30)17-5-3-4-6-19(17)32-22/h14H,3-13H2,1-2H3. The lowest BCUT2D eigenvalue weighted by Gasteiger charge is -2.34. The van der Waals surface area contributed by atoms with Crippen LogP contribution in [0.3, 0.4) is 0 Å². The Morgan fingerprint density at radius 1 is 1.16 bits per heavy atom. The Morgan fingerprint density at radius 2 is 1.94 bits per heavy atom. The molecule has 0 atom stereocenters. The lowest BCUT2D eigenvalue weighted by atomic mass is 9.97. The molecular formula is C23H29N5O3S. The van der Waals surface area contributed by atoms with E-state index in [1.807, 2.05) is 18.7 Å². The van der Waals surface area contributed by atoms with E-state index >= 15 is 0 Å². The van der Waals surface area contributed by atoms with Crippen molar-refractivity contribution in [1.82, 2.24) is 24.5 Å². The number of fused-ring (bicyclic) bond motifs is 3. The maximum absolute atomic E-state index is 13.1. The van der Waals surface area contributed by atoms with Gasteiger partial charge in [0.15, 0.2) is 0 Å². The number of aromatic nitrogens is 3. The van der Waals surface area contributed by atoms with E-state index in [9.17, 15) is 9.59 Å². The van der Waals surface area contributed by atoms with E-state index in [0.29, 0.717) is 26.1 Å². The first-order chi connectivity index (χ1) is 15.5. The van der Waals surface area contributed by atoms with Gasteiger partial charge in [-0.25, -0.2) is 4.98 Å². The van der Waals surface area contributed by atoms with Gasteiger partial charge in [0, 0.05) is 56.1 Å². The van der Waals surface area contributed by atoms with Gasteiger partial charge in [-0.15, -0.1) is 11.3 Å². The topological polar surface area (TPSA) is 84.5 Å². The van der Waals surface area contributed by atoms with E-state index in [-0.39, 0.29) is 11.5 Å². The Hall–Kier alpha value is -2.52. The van der Waals surface area contributed by atoms with Crippen LogP contribution in [-0.4, -0.2) is 56.6 Å². The molecule has 32 heavy (non-hydrogen) atoms. The van der Waals surface area contributed by atoms with Crippen molar-refractivity contribution in [3.63, 3.8) is 0 Å². The van der Waals surface area contributed by atoms with Gasteiger partial charge in [-0.1, -0.05) is 5.16 Å². The van der Waals surface area contributed by atoms with Gasteiger partial charge in [0.05, 0.1) is 17.4 Å². The lowest BCUT2D eigenvalue weighted by molar-refractivity contribution is -0.133. The number of nitrogens with zero attached hydrogens (tertiary/aromatic N) is 5. The molecule has 9 heteroatoms. The van der Waals surface area contributed by atoms with Crippen LogP contribution in [0, 0.1) is 13.8 Å². The van der Waals surface area contributed by atoms with E-state index in [4.69, 9.17) is 4.52 Å². The Labute approximate surface area is 190 Å². The number of thiophene rings is 1. The van der Waals surface area contributed by atoms with Gasteiger partial charge < -0.3 is 9.42 Å². The summed E-state index contributed by atoms with van der Waals surface area (Å²) in [6.45, 7) is 8.13. The molecule has 0 N–H and O–H groups in total. The fraction of sp³-hybridized carbons (Fsp3) is 0.565. The van der Waals surface area contributed by atoms with E-state index in [2.05, 4.69) is 15.0 Å². The molecular weight excluding hydrogens is 426 g/mol. The summed E-state index contributed by atoms with van der Waals surface area (Å²) in [7, 11) is 0. The van der Waals surface area contributed by atoms with Crippen molar-refractivity contribution in [1.29, 1.82) is 0 Å². The highest BCUT2D eigenvalue weighted by atomic mass is 32.1. The summed E-state index contributed by atoms with van der Waals surface area (Å²) in [5, 5.41) is 4.81. The second-order valence-electron chi connectivity index (χ2n) is 8.84. The van der Waals surface area contributed by atoms with Crippen molar-refractivity contribution < 1.29 is 9.32 Å². The molecule has 1 aliphatic heterocycles. The Kier molecular flexibility index (Phi) is 5.86. The largest absolute Gasteiger partial charge is 0.361 e. The number of carbonyl (C=O) groups excluding carboxylic acids is 1. The van der Waals surface area contributed by atoms with E-state index < -0.39 is 0 Å². The molecule has 0 spiro atoms. The van der Waals surface area contributed by atoms with Crippen LogP contribution in [0.2, 0.25) is 0 Å². The minimum absolute atomic E-state index is 0.00600. The molecule has 170 valence electrons. The Bertz CT molecular complexity index is 1180. The molecule has 0 aromatic carbocycles. The van der Waals surface area contributed by atoms with Gasteiger partial charge in [-0.2, -0.15) is 0 Å². The van der Waals surface area contributed by atoms with E-state index in [1.165, 1.54) is 16.9 Å². The smallest absolute Gasteiger partial charge is 0.262 e. The highest BCUT2D eigenvalue weighted by Gasteiger charge is 2.24. The van der Waals surface area contributed by atoms with E-state index in [1.54, 1.807) is 22.2 Å². The molecule has 5 rings (SSSR count). The molecule has 1 saturated heterocycles. The maximum Gasteiger partial charge on any atom is 0.262 e. The predicted octanol–water partition coefficient (Wildman–Crippen LogP) is 2.68. The summed E-state index contributed by atoms with van der Waals surface area (Å²) in [6.07, 6.45) is 6.27. The van der Waals surface area contributed by atoms with Gasteiger partial charge in [0.1, 0.15) is 10.6 Å². The summed E-state index contributed by atoms with van der Waals surface area (Å²) >= 11 is 1.66. The molecule has 1 aliphatic carbocycles. The third kappa shape index (κ3) is 3.99. The number of aryl methyl sites for hydroxylation is 5. The summed E-state index contributed by atoms with van der Waals surface area (Å²) in [5.41, 5.74) is 3.28. The van der Waals surface area contributed by atoms with Crippen LogP contribution in [0.15, 0.2) is 15.6 Å². The lowest BCUT2D eigenvalue weighted by Crippen LogP contribution is -2.48. The Morgan fingerprint density at radius 3 is 2.69 bits per heavy atom. The maximum atomic E-state index is 13.1. The highest BCUT2D eigenvalue weighted by Crippen LogP contribution is 2.33. The van der Waals surface area contributed by atoms with Crippen LogP contribution in [-0.2, 0) is 30.7 Å². The first kappa shape index (κ1) is 21.3. The van der Waals surface area contributed by atoms with Crippen molar-refractivity contribution in [2.45, 2.75) is 59.0 Å². The van der Waals surface area contributed by atoms with Gasteiger partial charge in [0.2, 0.25) is 5.91 Å². The molecule has 0 unspecified atom stereocenters. The zero-order chi connectivity index (χ0) is 22.2. The van der Waals surface area contributed by atoms with Crippen molar-refractivity contribution in [3.8, 4) is 0 Å². The molecule has 0 radical (unpaired) electrons. The Balaban J connectivity index is 1.19. The molecule has 4 heterocycles. The third-order valence-electron chi connectivity index (χ3n) is 6.80. The second-order valence-corrected chi connectivity index (χ2v) is 9.93. The average molecular weight is 456 g/mol. The molecule has 3 aromatic rings. The molecule has 1 fully saturated rings. The summed E-state index contributed by atoms with van der Waals surface area (Å²) in [4.78, 5) is 36.8. The van der Waals surface area contributed by atoms with Crippen molar-refractivity contribution in [2.75, 3.05) is 26.2 Å². The third-order valence-corrected chi connectivity index (χ3v) is 8.00. The molecule has 0 saturated carbocycles. The number of piperazine rings is 1. The van der Waals surface area contributed by atoms with Crippen molar-refractivity contribution in [3.05, 3.63) is 44.1 Å². The summed E-state index contributed by atoms with van der Waals surface area (Å²) in [6, 6.07) is 0. The average Bonchev–Trinajstić information content (AvgIpc) is 3.34. The van der Waals surface area contributed by atoms with Crippen molar-refractivity contribution >= 4 is 27.5 Å². The van der Waals surface area contributed by atoms with Gasteiger partial charge in [-0.3, -0.25) is 19.1 Å². The number of amides is 1. The quantitative estimate of drug-likeness (QED) is 0.588. The normalized spacial score (nSPS) is 17.1. The van der Waals surface area contributed by atoms with Crippen LogP contribution in [0.25, 0.3) is 10.2 Å². The molecule has 2 aliphatic rings. The summed E-state index contributed by atoms with van der Waals surface area (Å²) in [5.74, 6) is 0.963. The van der Waals surface area contributed by atoms with Crippen LogP contribution < -0.4 is 5.56 Å². The van der Waals surface area contributed by atoms with Crippen LogP contribution >= 0.6 is 11.3 Å². The molecule has 8 nitrogen and oxygen atoms in total. The number of rotatable bonds is 5. The van der Waals surface area contributed by atoms with Crippen molar-refractivity contribution in [2.24, 2.45) is 0 Å². The minimum atomic E-state index is 0.00600. The SMILES string of the molecule is Cc1noc(C)c1CN1CCN(C(=O)CCn2cnc3sc4c(c3c2=O)CCCC4)CC1. The van der Waals surface area contributed by atoms with Gasteiger partial charge in [0.25, 0.3) is 5.56 Å². The first-order valence-corrected chi connectivity index (χ1v) is 12.2. The zero-order valence-corrected chi connectivity index (χ0v) is 19.5. The fourth-order valence-corrected chi connectivity index (χ4v) is 6.04. The molecule has 3 aromatic heterocycles. The predicted molar refractivity (Wildman–Crippen MR) is 123 cm³/mol. The second kappa shape index (κ2) is 8.78. The number of hydrogen-bond donors (Lipinski definition) is 0. The van der Waals surface area contributed by atoms with Crippen LogP contribution in [0.5, 0.6) is 0 Å². The first-order valence-electron chi connectivity index (χ1n) is 11.4. The molecule has 0 bridgehead atoms. The number of carbonyl (C=O) groups is 1. The van der Waals surface area contributed by atoms with Crippen LogP contribution in [0.4, 0.5) is 0 Å². The minimum Gasteiger partial charge on any atom is -0.361 e. The number of hydrogen-bond acceptors (Lipinski definition) is 7.